The molecule has 2 aromatic heterocycles. The molecular formula is C21H26FN5O4S. The number of ether oxygens (including phenoxy) is 1. The maximum Gasteiger partial charge on any atom is 0.274 e. The summed E-state index contributed by atoms with van der Waals surface area (Å²) in [7, 11) is -3.70. The van der Waals surface area contributed by atoms with E-state index in [9.17, 15) is 17.6 Å². The van der Waals surface area contributed by atoms with Crippen LogP contribution in [0.25, 0.3) is 11.3 Å². The summed E-state index contributed by atoms with van der Waals surface area (Å²) in [6.45, 7) is 3.13. The first kappa shape index (κ1) is 21.5. The van der Waals surface area contributed by atoms with Crippen molar-refractivity contribution in [2.75, 3.05) is 52.6 Å². The molecule has 0 N–H and O–H groups in total. The van der Waals surface area contributed by atoms with Gasteiger partial charge in [-0.2, -0.15) is 5.10 Å². The Bertz CT molecular complexity index is 1130. The highest BCUT2D eigenvalue weighted by atomic mass is 32.2. The summed E-state index contributed by atoms with van der Waals surface area (Å²) in [6, 6.07) is 3.34. The van der Waals surface area contributed by atoms with Gasteiger partial charge in [0.05, 0.1) is 30.7 Å². The molecule has 3 aliphatic heterocycles. The van der Waals surface area contributed by atoms with E-state index in [2.05, 4.69) is 9.88 Å². The number of hydrogen-bond acceptors (Lipinski definition) is 7. The van der Waals surface area contributed by atoms with Crippen LogP contribution in [0.2, 0.25) is 0 Å². The number of rotatable bonds is 4. The number of likely N-dealkylation sites (tertiary alicyclic amines) is 1. The van der Waals surface area contributed by atoms with Crippen LogP contribution in [-0.2, 0) is 20.3 Å². The molecule has 0 radical (unpaired) electrons. The Morgan fingerprint density at radius 2 is 2.06 bits per heavy atom. The predicted molar refractivity (Wildman–Crippen MR) is 114 cm³/mol. The van der Waals surface area contributed by atoms with Crippen LogP contribution in [-0.4, -0.2) is 91.5 Å². The minimum absolute atomic E-state index is 0.0236. The second kappa shape index (κ2) is 8.53. The first-order valence-electron chi connectivity index (χ1n) is 10.9. The van der Waals surface area contributed by atoms with E-state index in [4.69, 9.17) is 9.84 Å². The maximum atomic E-state index is 13.4. The van der Waals surface area contributed by atoms with E-state index >= 15 is 0 Å². The zero-order valence-corrected chi connectivity index (χ0v) is 18.6. The molecule has 2 fully saturated rings. The van der Waals surface area contributed by atoms with Crippen LogP contribution in [0.1, 0.15) is 34.9 Å². The van der Waals surface area contributed by atoms with Crippen LogP contribution < -0.4 is 0 Å². The molecule has 3 aliphatic rings. The molecule has 172 valence electrons. The van der Waals surface area contributed by atoms with E-state index < -0.39 is 16.5 Å². The Labute approximate surface area is 186 Å². The average Bonchev–Trinajstić information content (AvgIpc) is 3.18. The number of aromatic nitrogens is 3. The Hall–Kier alpha value is -2.37. The number of carbonyl (C=O) groups is 1. The molecule has 0 aliphatic carbocycles. The minimum Gasteiger partial charge on any atom is -0.378 e. The van der Waals surface area contributed by atoms with Crippen molar-refractivity contribution in [2.45, 2.75) is 29.7 Å². The lowest BCUT2D eigenvalue weighted by atomic mass is 10.0. The van der Waals surface area contributed by atoms with Gasteiger partial charge in [-0.3, -0.25) is 14.4 Å². The van der Waals surface area contributed by atoms with Crippen LogP contribution in [0.4, 0.5) is 4.39 Å². The van der Waals surface area contributed by atoms with Crippen LogP contribution in [0, 0.1) is 0 Å². The predicted octanol–water partition coefficient (Wildman–Crippen LogP) is 1.31. The van der Waals surface area contributed by atoms with Gasteiger partial charge < -0.3 is 9.64 Å². The fraction of sp³-hybridized carbons (Fsp3) is 0.571. The number of piperidine rings is 1. The van der Waals surface area contributed by atoms with Gasteiger partial charge in [0.15, 0.2) is 10.7 Å². The van der Waals surface area contributed by atoms with E-state index in [1.54, 1.807) is 17.0 Å². The fourth-order valence-electron chi connectivity index (χ4n) is 4.87. The second-order valence-electron chi connectivity index (χ2n) is 8.43. The van der Waals surface area contributed by atoms with Crippen LogP contribution in [0.5, 0.6) is 0 Å². The summed E-state index contributed by atoms with van der Waals surface area (Å²) in [4.78, 5) is 21.2. The van der Waals surface area contributed by atoms with Gasteiger partial charge in [-0.05, 0) is 31.5 Å². The zero-order valence-electron chi connectivity index (χ0n) is 17.7. The quantitative estimate of drug-likeness (QED) is 0.674. The summed E-state index contributed by atoms with van der Waals surface area (Å²) >= 11 is 0. The molecule has 9 nitrogen and oxygen atoms in total. The molecular weight excluding hydrogens is 437 g/mol. The van der Waals surface area contributed by atoms with E-state index in [-0.39, 0.29) is 28.4 Å². The number of amides is 1. The van der Waals surface area contributed by atoms with E-state index in [1.807, 2.05) is 4.68 Å². The molecule has 0 aromatic carbocycles. The lowest BCUT2D eigenvalue weighted by molar-refractivity contribution is 0.0297. The lowest BCUT2D eigenvalue weighted by Crippen LogP contribution is -2.41. The van der Waals surface area contributed by atoms with Crippen molar-refractivity contribution in [3.05, 3.63) is 29.6 Å². The maximum absolute atomic E-state index is 13.4. The van der Waals surface area contributed by atoms with Gasteiger partial charge in [-0.25, -0.2) is 17.8 Å². The summed E-state index contributed by atoms with van der Waals surface area (Å²) in [5.74, 6) is -0.583. The van der Waals surface area contributed by atoms with Crippen molar-refractivity contribution < 1.29 is 22.3 Å². The number of halogens is 1. The van der Waals surface area contributed by atoms with Crippen molar-refractivity contribution in [1.29, 1.82) is 0 Å². The van der Waals surface area contributed by atoms with Crippen molar-refractivity contribution in [3.8, 4) is 11.3 Å². The Balaban J connectivity index is 1.64. The van der Waals surface area contributed by atoms with Crippen molar-refractivity contribution >= 4 is 15.7 Å². The molecule has 0 saturated carbocycles. The number of pyridine rings is 1. The van der Waals surface area contributed by atoms with E-state index in [1.165, 1.54) is 6.20 Å². The molecule has 0 bridgehead atoms. The minimum atomic E-state index is -3.70. The topological polar surface area (TPSA) is 97.6 Å². The highest BCUT2D eigenvalue weighted by molar-refractivity contribution is 7.90. The monoisotopic (exact) mass is 463 g/mol. The van der Waals surface area contributed by atoms with Crippen LogP contribution >= 0.6 is 0 Å². The van der Waals surface area contributed by atoms with Crippen molar-refractivity contribution in [2.24, 2.45) is 0 Å². The first-order chi connectivity index (χ1) is 15.5. The molecule has 5 heterocycles. The number of carbonyl (C=O) groups excluding carboxylic acids is 1. The first-order valence-corrected chi connectivity index (χ1v) is 12.6. The van der Waals surface area contributed by atoms with Gasteiger partial charge in [0.1, 0.15) is 6.67 Å². The molecule has 0 spiro atoms. The molecule has 5 rings (SSSR count). The molecule has 2 saturated heterocycles. The van der Waals surface area contributed by atoms with Gasteiger partial charge in [-0.15, -0.1) is 0 Å². The number of fused-ring (bicyclic) bond motifs is 3. The molecule has 32 heavy (non-hydrogen) atoms. The zero-order chi connectivity index (χ0) is 22.3. The van der Waals surface area contributed by atoms with Crippen LogP contribution in [0.3, 0.4) is 0 Å². The van der Waals surface area contributed by atoms with Gasteiger partial charge in [-0.1, -0.05) is 0 Å². The standard InChI is InChI=1S/C21H26FN5O4S/c22-5-8-25-7-2-3-15(13-25)27-19-16-4-1-6-23-20(16)32(29,30)14-17(19)18(24-27)21(28)26-9-11-31-12-10-26/h1,4,6,15H,2-3,5,7-14H2/t15-/m0/s1. The molecule has 1 atom stereocenters. The fourth-order valence-corrected chi connectivity index (χ4v) is 6.39. The average molecular weight is 464 g/mol. The summed E-state index contributed by atoms with van der Waals surface area (Å²) in [5.41, 5.74) is 1.74. The smallest absolute Gasteiger partial charge is 0.274 e. The number of sulfone groups is 1. The molecule has 2 aromatic rings. The molecule has 0 unspecified atom stereocenters. The Kier molecular flexibility index (Phi) is 5.72. The van der Waals surface area contributed by atoms with Crippen molar-refractivity contribution in [1.82, 2.24) is 24.6 Å². The highest BCUT2D eigenvalue weighted by Gasteiger charge is 2.39. The Morgan fingerprint density at radius 1 is 1.25 bits per heavy atom. The van der Waals surface area contributed by atoms with Gasteiger partial charge >= 0.3 is 0 Å². The Morgan fingerprint density at radius 3 is 2.84 bits per heavy atom. The second-order valence-corrected chi connectivity index (χ2v) is 10.3. The third-order valence-electron chi connectivity index (χ3n) is 6.39. The largest absolute Gasteiger partial charge is 0.378 e. The lowest BCUT2D eigenvalue weighted by Gasteiger charge is -2.33. The third kappa shape index (κ3) is 3.71. The summed E-state index contributed by atoms with van der Waals surface area (Å²) in [6.07, 6.45) is 3.17. The summed E-state index contributed by atoms with van der Waals surface area (Å²) < 4.78 is 46.2. The van der Waals surface area contributed by atoms with Gasteiger partial charge in [0.2, 0.25) is 9.84 Å². The summed E-state index contributed by atoms with van der Waals surface area (Å²) in [5, 5.41) is 4.75. The van der Waals surface area contributed by atoms with Gasteiger partial charge in [0.25, 0.3) is 5.91 Å². The van der Waals surface area contributed by atoms with Gasteiger partial charge in [0, 0.05) is 43.5 Å². The van der Waals surface area contributed by atoms with Crippen LogP contribution in [0.15, 0.2) is 23.4 Å². The number of morpholine rings is 1. The third-order valence-corrected chi connectivity index (χ3v) is 7.98. The SMILES string of the molecule is O=C(c1nn([C@H]2CCCN(CCF)C2)c2c1CS(=O)(=O)c1ncccc1-2)N1CCOCC1. The number of hydrogen-bond donors (Lipinski definition) is 0. The highest BCUT2D eigenvalue weighted by Crippen LogP contribution is 2.41. The van der Waals surface area contributed by atoms with E-state index in [0.29, 0.717) is 56.2 Å². The number of alkyl halides is 1. The van der Waals surface area contributed by atoms with E-state index in [0.717, 1.165) is 19.4 Å². The normalized spacial score (nSPS) is 22.9. The molecule has 1 amide bonds. The van der Waals surface area contributed by atoms with Crippen molar-refractivity contribution in [3.63, 3.8) is 0 Å². The number of nitrogens with zero attached hydrogens (tertiary/aromatic N) is 5. The molecule has 11 heteroatoms.